The molecule has 0 saturated carbocycles. The summed E-state index contributed by atoms with van der Waals surface area (Å²) in [4.78, 5) is 0. The van der Waals surface area contributed by atoms with E-state index in [1.165, 1.54) is 26.2 Å². The third-order valence-corrected chi connectivity index (χ3v) is 3.56. The molecular weight excluding hydrogens is 302 g/mol. The molecule has 0 aliphatic heterocycles. The van der Waals surface area contributed by atoms with Crippen molar-refractivity contribution in [1.29, 1.82) is 10.5 Å². The largest absolute Gasteiger partial charge is 0.503 e. The van der Waals surface area contributed by atoms with Crippen molar-refractivity contribution in [2.75, 3.05) is 7.11 Å². The molecule has 2 aromatic carbocycles. The molecular formula is C17H12F2N2O2. The van der Waals surface area contributed by atoms with Crippen LogP contribution in [0.4, 0.5) is 8.78 Å². The molecule has 0 amide bonds. The van der Waals surface area contributed by atoms with Gasteiger partial charge < -0.3 is 9.84 Å². The van der Waals surface area contributed by atoms with Crippen LogP contribution in [0.25, 0.3) is 0 Å². The Labute approximate surface area is 131 Å². The van der Waals surface area contributed by atoms with E-state index in [4.69, 9.17) is 4.74 Å². The van der Waals surface area contributed by atoms with Gasteiger partial charge in [0.2, 0.25) is 0 Å². The lowest BCUT2D eigenvalue weighted by Gasteiger charge is -2.13. The lowest BCUT2D eigenvalue weighted by molar-refractivity contribution is 0.372. The van der Waals surface area contributed by atoms with Crippen molar-refractivity contribution in [2.24, 2.45) is 0 Å². The van der Waals surface area contributed by atoms with Crippen molar-refractivity contribution in [3.8, 4) is 23.6 Å². The fourth-order valence-corrected chi connectivity index (χ4v) is 2.30. The first-order valence-electron chi connectivity index (χ1n) is 6.61. The highest BCUT2D eigenvalue weighted by molar-refractivity contribution is 5.62. The highest BCUT2D eigenvalue weighted by Crippen LogP contribution is 2.36. The Morgan fingerprint density at radius 1 is 1.17 bits per heavy atom. The van der Waals surface area contributed by atoms with Crippen LogP contribution in [0.2, 0.25) is 0 Å². The summed E-state index contributed by atoms with van der Waals surface area (Å²) in [6, 6.07) is 7.28. The van der Waals surface area contributed by atoms with E-state index in [-0.39, 0.29) is 40.0 Å². The molecule has 0 aromatic heterocycles. The van der Waals surface area contributed by atoms with Crippen LogP contribution in [0.1, 0.15) is 27.8 Å². The van der Waals surface area contributed by atoms with Gasteiger partial charge in [0.05, 0.1) is 18.7 Å². The number of nitrogens with zero attached hydrogens (tertiary/aromatic N) is 2. The number of phenols is 1. The Bertz CT molecular complexity index is 865. The number of aromatic hydroxyl groups is 1. The Morgan fingerprint density at radius 2 is 1.87 bits per heavy atom. The third-order valence-electron chi connectivity index (χ3n) is 3.56. The first-order valence-corrected chi connectivity index (χ1v) is 6.61. The molecule has 6 heteroatoms. The van der Waals surface area contributed by atoms with Gasteiger partial charge in [-0.25, -0.2) is 8.78 Å². The van der Waals surface area contributed by atoms with Gasteiger partial charge in [-0.1, -0.05) is 6.07 Å². The first kappa shape index (κ1) is 16.3. The Hall–Kier alpha value is -3.12. The maximum atomic E-state index is 14.2. The molecule has 116 valence electrons. The molecule has 0 unspecified atom stereocenters. The zero-order chi connectivity index (χ0) is 17.1. The molecule has 0 radical (unpaired) electrons. The van der Waals surface area contributed by atoms with E-state index in [1.807, 2.05) is 6.07 Å². The van der Waals surface area contributed by atoms with Crippen LogP contribution in [0.3, 0.4) is 0 Å². The summed E-state index contributed by atoms with van der Waals surface area (Å²) in [7, 11) is 1.27. The van der Waals surface area contributed by atoms with Gasteiger partial charge in [0.1, 0.15) is 23.3 Å². The maximum absolute atomic E-state index is 14.2. The zero-order valence-corrected chi connectivity index (χ0v) is 12.4. The smallest absolute Gasteiger partial charge is 0.176 e. The van der Waals surface area contributed by atoms with Gasteiger partial charge in [-0.05, 0) is 24.1 Å². The average Bonchev–Trinajstić information content (AvgIpc) is 2.55. The number of nitriles is 2. The Balaban J connectivity index is 2.71. The van der Waals surface area contributed by atoms with Crippen molar-refractivity contribution in [2.45, 2.75) is 13.3 Å². The monoisotopic (exact) mass is 314 g/mol. The van der Waals surface area contributed by atoms with Gasteiger partial charge in [0.15, 0.2) is 11.5 Å². The minimum Gasteiger partial charge on any atom is -0.503 e. The van der Waals surface area contributed by atoms with Crippen LogP contribution in [0.15, 0.2) is 18.2 Å². The molecule has 0 saturated heterocycles. The van der Waals surface area contributed by atoms with Crippen LogP contribution in [-0.4, -0.2) is 12.2 Å². The van der Waals surface area contributed by atoms with E-state index < -0.39 is 17.4 Å². The summed E-state index contributed by atoms with van der Waals surface area (Å²) in [6.45, 7) is 1.49. The summed E-state index contributed by atoms with van der Waals surface area (Å²) in [5.74, 6) is -2.03. The maximum Gasteiger partial charge on any atom is 0.176 e. The zero-order valence-electron chi connectivity index (χ0n) is 12.4. The van der Waals surface area contributed by atoms with Gasteiger partial charge in [-0.2, -0.15) is 10.5 Å². The molecule has 2 rings (SSSR count). The summed E-state index contributed by atoms with van der Waals surface area (Å²) < 4.78 is 33.0. The predicted molar refractivity (Wildman–Crippen MR) is 78.0 cm³/mol. The fraction of sp³-hybridized carbons (Fsp3) is 0.176. The summed E-state index contributed by atoms with van der Waals surface area (Å²) >= 11 is 0. The summed E-state index contributed by atoms with van der Waals surface area (Å²) in [5, 5.41) is 28.5. The van der Waals surface area contributed by atoms with Crippen molar-refractivity contribution >= 4 is 0 Å². The number of methoxy groups -OCH3 is 1. The second-order valence-electron chi connectivity index (χ2n) is 4.89. The number of hydrogen-bond donors (Lipinski definition) is 1. The minimum absolute atomic E-state index is 0.0107. The number of ether oxygens (including phenoxy) is 1. The number of aryl methyl sites for hydroxylation is 1. The SMILES string of the molecule is COc1cc(C#N)c(Cc2c(F)ccc(C)c2F)c(C#N)c1O. The summed E-state index contributed by atoms with van der Waals surface area (Å²) in [6.07, 6.45) is -0.331. The lowest BCUT2D eigenvalue weighted by atomic mass is 9.93. The third kappa shape index (κ3) is 2.79. The van der Waals surface area contributed by atoms with Crippen molar-refractivity contribution in [3.05, 3.63) is 57.7 Å². The van der Waals surface area contributed by atoms with E-state index in [0.717, 1.165) is 6.07 Å². The first-order chi connectivity index (χ1) is 10.9. The lowest BCUT2D eigenvalue weighted by Crippen LogP contribution is -2.04. The fourth-order valence-electron chi connectivity index (χ4n) is 2.30. The van der Waals surface area contributed by atoms with Crippen LogP contribution >= 0.6 is 0 Å². The molecule has 0 spiro atoms. The van der Waals surface area contributed by atoms with E-state index in [0.29, 0.717) is 0 Å². The van der Waals surface area contributed by atoms with E-state index >= 15 is 0 Å². The molecule has 0 aliphatic carbocycles. The second kappa shape index (κ2) is 6.33. The molecule has 23 heavy (non-hydrogen) atoms. The molecule has 2 aromatic rings. The quantitative estimate of drug-likeness (QED) is 0.942. The van der Waals surface area contributed by atoms with Gasteiger partial charge in [-0.3, -0.25) is 0 Å². The van der Waals surface area contributed by atoms with Gasteiger partial charge in [0, 0.05) is 18.1 Å². The van der Waals surface area contributed by atoms with Crippen molar-refractivity contribution in [1.82, 2.24) is 0 Å². The van der Waals surface area contributed by atoms with E-state index in [1.54, 1.807) is 6.07 Å². The molecule has 0 atom stereocenters. The van der Waals surface area contributed by atoms with Crippen LogP contribution < -0.4 is 4.74 Å². The van der Waals surface area contributed by atoms with Gasteiger partial charge in [0.25, 0.3) is 0 Å². The molecule has 4 nitrogen and oxygen atoms in total. The Kier molecular flexibility index (Phi) is 4.47. The molecule has 0 bridgehead atoms. The standard InChI is InChI=1S/C17H12F2N2O2/c1-9-3-4-14(18)12(16(9)19)6-11-10(7-20)5-15(23-2)17(22)13(11)8-21/h3-5,22H,6H2,1-2H3. The van der Waals surface area contributed by atoms with E-state index in [9.17, 15) is 24.4 Å². The van der Waals surface area contributed by atoms with Crippen LogP contribution in [0, 0.1) is 41.2 Å². The highest BCUT2D eigenvalue weighted by Gasteiger charge is 2.21. The average molecular weight is 314 g/mol. The topological polar surface area (TPSA) is 77.0 Å². The predicted octanol–water partition coefficient (Wildman–Crippen LogP) is 3.32. The van der Waals surface area contributed by atoms with Crippen molar-refractivity contribution in [3.63, 3.8) is 0 Å². The van der Waals surface area contributed by atoms with Crippen molar-refractivity contribution < 1.29 is 18.6 Å². The molecule has 0 heterocycles. The number of hydrogen-bond acceptors (Lipinski definition) is 4. The number of phenolic OH excluding ortho intramolecular Hbond substituents is 1. The second-order valence-corrected chi connectivity index (χ2v) is 4.89. The normalized spacial score (nSPS) is 10.0. The van der Waals surface area contributed by atoms with Gasteiger partial charge in [-0.15, -0.1) is 0 Å². The molecule has 0 fully saturated rings. The number of halogens is 2. The highest BCUT2D eigenvalue weighted by atomic mass is 19.1. The Morgan fingerprint density at radius 3 is 2.43 bits per heavy atom. The molecule has 1 N–H and O–H groups in total. The van der Waals surface area contributed by atoms with Crippen LogP contribution in [-0.2, 0) is 6.42 Å². The van der Waals surface area contributed by atoms with Gasteiger partial charge >= 0.3 is 0 Å². The summed E-state index contributed by atoms with van der Waals surface area (Å²) in [5.41, 5.74) is -0.187. The van der Waals surface area contributed by atoms with E-state index in [2.05, 4.69) is 0 Å². The molecule has 0 aliphatic rings. The minimum atomic E-state index is -0.781. The number of rotatable bonds is 3. The number of benzene rings is 2. The van der Waals surface area contributed by atoms with Crippen LogP contribution in [0.5, 0.6) is 11.5 Å².